The van der Waals surface area contributed by atoms with Crippen molar-refractivity contribution in [2.45, 2.75) is 39.8 Å². The number of thioether (sulfide) groups is 1. The van der Waals surface area contributed by atoms with E-state index >= 15 is 0 Å². The van der Waals surface area contributed by atoms with E-state index in [1.54, 1.807) is 0 Å². The summed E-state index contributed by atoms with van der Waals surface area (Å²) in [7, 11) is 0. The fourth-order valence-corrected chi connectivity index (χ4v) is 2.45. The van der Waals surface area contributed by atoms with Gasteiger partial charge in [0.05, 0.1) is 6.20 Å². The van der Waals surface area contributed by atoms with Crippen LogP contribution in [0.4, 0.5) is 0 Å². The van der Waals surface area contributed by atoms with Crippen molar-refractivity contribution in [2.75, 3.05) is 18.1 Å². The molecule has 1 aromatic heterocycles. The van der Waals surface area contributed by atoms with E-state index in [2.05, 4.69) is 37.4 Å². The Kier molecular flexibility index (Phi) is 6.57. The minimum Gasteiger partial charge on any atom is -0.309 e. The van der Waals surface area contributed by atoms with E-state index in [0.29, 0.717) is 6.04 Å². The van der Waals surface area contributed by atoms with Gasteiger partial charge in [0.1, 0.15) is 0 Å². The summed E-state index contributed by atoms with van der Waals surface area (Å²) >= 11 is 1.97. The van der Waals surface area contributed by atoms with Gasteiger partial charge in [-0.05, 0) is 18.7 Å². The predicted molar refractivity (Wildman–Crippen MR) is 71.9 cm³/mol. The molecule has 4 heteroatoms. The summed E-state index contributed by atoms with van der Waals surface area (Å²) in [6.07, 6.45) is 5.31. The molecule has 1 unspecified atom stereocenters. The maximum Gasteiger partial charge on any atom is 0.0537 e. The average molecular weight is 241 g/mol. The van der Waals surface area contributed by atoms with Crippen LogP contribution in [0.2, 0.25) is 0 Å². The van der Waals surface area contributed by atoms with Gasteiger partial charge in [0.25, 0.3) is 0 Å². The van der Waals surface area contributed by atoms with Gasteiger partial charge in [0.15, 0.2) is 0 Å². The molecule has 0 aliphatic heterocycles. The van der Waals surface area contributed by atoms with Crippen molar-refractivity contribution < 1.29 is 0 Å². The Morgan fingerprint density at radius 1 is 1.44 bits per heavy atom. The van der Waals surface area contributed by atoms with Crippen molar-refractivity contribution in [1.29, 1.82) is 0 Å². The van der Waals surface area contributed by atoms with Crippen LogP contribution in [0.15, 0.2) is 12.4 Å². The van der Waals surface area contributed by atoms with Crippen LogP contribution >= 0.6 is 11.8 Å². The molecule has 3 nitrogen and oxygen atoms in total. The van der Waals surface area contributed by atoms with Crippen LogP contribution in [-0.2, 0) is 6.54 Å². The first-order chi connectivity index (χ1) is 7.81. The van der Waals surface area contributed by atoms with Crippen molar-refractivity contribution >= 4 is 11.8 Å². The lowest BCUT2D eigenvalue weighted by molar-refractivity contribution is 0.590. The molecule has 0 aliphatic rings. The van der Waals surface area contributed by atoms with Gasteiger partial charge in [-0.25, -0.2) is 0 Å². The van der Waals surface area contributed by atoms with Gasteiger partial charge in [0, 0.05) is 30.1 Å². The maximum absolute atomic E-state index is 4.38. The molecule has 0 aromatic carbocycles. The molecule has 16 heavy (non-hydrogen) atoms. The number of nitrogens with one attached hydrogen (secondary N) is 1. The fourth-order valence-electron chi connectivity index (χ4n) is 1.67. The number of nitrogens with zero attached hydrogens (tertiary/aromatic N) is 2. The monoisotopic (exact) mass is 241 g/mol. The summed E-state index contributed by atoms with van der Waals surface area (Å²) in [5, 5.41) is 7.90. The zero-order chi connectivity index (χ0) is 11.8. The number of aryl methyl sites for hydroxylation is 1. The van der Waals surface area contributed by atoms with Crippen molar-refractivity contribution in [3.63, 3.8) is 0 Å². The molecule has 1 heterocycles. The predicted octanol–water partition coefficient (Wildman–Crippen LogP) is 2.70. The summed E-state index contributed by atoms with van der Waals surface area (Å²) in [6, 6.07) is 0.445. The molecule has 0 aliphatic carbocycles. The Hall–Kier alpha value is -0.480. The van der Waals surface area contributed by atoms with E-state index in [0.717, 1.165) is 25.3 Å². The van der Waals surface area contributed by atoms with Gasteiger partial charge in [-0.3, -0.25) is 4.68 Å². The number of hydrogen-bond donors (Lipinski definition) is 1. The van der Waals surface area contributed by atoms with Crippen LogP contribution in [0.5, 0.6) is 0 Å². The Bertz CT molecular complexity index is 286. The minimum absolute atomic E-state index is 0.445. The molecule has 0 saturated heterocycles. The van der Waals surface area contributed by atoms with Gasteiger partial charge in [-0.2, -0.15) is 16.9 Å². The Labute approximate surface area is 103 Å². The highest BCUT2D eigenvalue weighted by Gasteiger charge is 2.11. The van der Waals surface area contributed by atoms with Gasteiger partial charge in [-0.1, -0.05) is 20.8 Å². The second kappa shape index (κ2) is 7.74. The lowest BCUT2D eigenvalue weighted by Crippen LogP contribution is -2.22. The molecule has 0 radical (unpaired) electrons. The highest BCUT2D eigenvalue weighted by atomic mass is 32.2. The molecule has 1 rings (SSSR count). The molecule has 1 N–H and O–H groups in total. The highest BCUT2D eigenvalue weighted by molar-refractivity contribution is 7.99. The lowest BCUT2D eigenvalue weighted by Gasteiger charge is -2.15. The molecule has 0 spiro atoms. The van der Waals surface area contributed by atoms with Crippen LogP contribution < -0.4 is 5.32 Å². The minimum atomic E-state index is 0.445. The van der Waals surface area contributed by atoms with Crippen LogP contribution in [0.3, 0.4) is 0 Å². The Morgan fingerprint density at radius 3 is 2.88 bits per heavy atom. The van der Waals surface area contributed by atoms with Crippen molar-refractivity contribution in [3.8, 4) is 0 Å². The summed E-state index contributed by atoms with van der Waals surface area (Å²) < 4.78 is 2.04. The van der Waals surface area contributed by atoms with Crippen LogP contribution in [0.1, 0.15) is 38.8 Å². The fraction of sp³-hybridized carbons (Fsp3) is 0.750. The topological polar surface area (TPSA) is 29.9 Å². The number of aromatic nitrogens is 2. The Morgan fingerprint density at radius 2 is 2.25 bits per heavy atom. The molecule has 92 valence electrons. The van der Waals surface area contributed by atoms with Crippen molar-refractivity contribution in [1.82, 2.24) is 15.1 Å². The normalized spacial score (nSPS) is 12.9. The molecule has 0 bridgehead atoms. The third-order valence-electron chi connectivity index (χ3n) is 2.45. The van der Waals surface area contributed by atoms with Crippen molar-refractivity contribution in [3.05, 3.63) is 18.0 Å². The summed E-state index contributed by atoms with van der Waals surface area (Å²) in [4.78, 5) is 0. The molecular weight excluding hydrogens is 218 g/mol. The maximum atomic E-state index is 4.38. The van der Waals surface area contributed by atoms with E-state index in [1.165, 1.54) is 11.3 Å². The third kappa shape index (κ3) is 4.18. The van der Waals surface area contributed by atoms with E-state index in [4.69, 9.17) is 0 Å². The number of hydrogen-bond acceptors (Lipinski definition) is 3. The lowest BCUT2D eigenvalue weighted by atomic mass is 10.2. The second-order valence-electron chi connectivity index (χ2n) is 3.81. The van der Waals surface area contributed by atoms with E-state index in [1.807, 2.05) is 22.6 Å². The zero-order valence-electron chi connectivity index (χ0n) is 10.6. The van der Waals surface area contributed by atoms with Gasteiger partial charge in [0.2, 0.25) is 0 Å². The highest BCUT2D eigenvalue weighted by Crippen LogP contribution is 2.17. The van der Waals surface area contributed by atoms with Gasteiger partial charge in [-0.15, -0.1) is 0 Å². The van der Waals surface area contributed by atoms with E-state index in [-0.39, 0.29) is 0 Å². The second-order valence-corrected chi connectivity index (χ2v) is 5.13. The van der Waals surface area contributed by atoms with Gasteiger partial charge >= 0.3 is 0 Å². The molecule has 1 aromatic rings. The molecule has 0 amide bonds. The number of rotatable bonds is 8. The van der Waals surface area contributed by atoms with Crippen LogP contribution in [0, 0.1) is 0 Å². The first-order valence-electron chi connectivity index (χ1n) is 6.15. The molecular formula is C12H23N3S. The van der Waals surface area contributed by atoms with Gasteiger partial charge < -0.3 is 5.32 Å². The van der Waals surface area contributed by atoms with E-state index < -0.39 is 0 Å². The largest absolute Gasteiger partial charge is 0.309 e. The molecule has 0 saturated carbocycles. The summed E-state index contributed by atoms with van der Waals surface area (Å²) in [5.74, 6) is 2.30. The quantitative estimate of drug-likeness (QED) is 0.759. The van der Waals surface area contributed by atoms with Crippen LogP contribution in [-0.4, -0.2) is 27.8 Å². The Balaban J connectivity index is 2.59. The molecule has 1 atom stereocenters. The van der Waals surface area contributed by atoms with E-state index in [9.17, 15) is 0 Å². The first-order valence-corrected chi connectivity index (χ1v) is 7.30. The third-order valence-corrected chi connectivity index (χ3v) is 3.42. The van der Waals surface area contributed by atoms with Crippen molar-refractivity contribution in [2.24, 2.45) is 0 Å². The van der Waals surface area contributed by atoms with Crippen LogP contribution in [0.25, 0.3) is 0 Å². The SMILES string of the molecule is CCCn1cc(C(CSCC)NCC)cn1. The zero-order valence-corrected chi connectivity index (χ0v) is 11.4. The first kappa shape index (κ1) is 13.6. The average Bonchev–Trinajstić information content (AvgIpc) is 2.73. The smallest absolute Gasteiger partial charge is 0.0537 e. The standard InChI is InChI=1S/C12H23N3S/c1-4-7-15-9-11(8-14-15)12(13-5-2)10-16-6-3/h8-9,12-13H,4-7,10H2,1-3H3. The summed E-state index contributed by atoms with van der Waals surface area (Å²) in [6.45, 7) is 8.55. The molecule has 0 fully saturated rings. The summed E-state index contributed by atoms with van der Waals surface area (Å²) in [5.41, 5.74) is 1.32.